The number of likely N-dealkylation sites (N-methyl/N-ethyl adjacent to an activating group) is 1. The molecule has 2 heterocycles. The number of nitrogens with zero attached hydrogens (tertiary/aromatic N) is 2. The molecule has 6 nitrogen and oxygen atoms in total. The fourth-order valence-electron chi connectivity index (χ4n) is 2.58. The van der Waals surface area contributed by atoms with E-state index in [1.54, 1.807) is 30.3 Å². The summed E-state index contributed by atoms with van der Waals surface area (Å²) in [5, 5.41) is 10.5. The molecule has 0 bridgehead atoms. The van der Waals surface area contributed by atoms with Gasteiger partial charge in [0.2, 0.25) is 10.0 Å². The highest BCUT2D eigenvalue weighted by Gasteiger charge is 2.45. The zero-order chi connectivity index (χ0) is 15.9. The van der Waals surface area contributed by atoms with Gasteiger partial charge in [0, 0.05) is 18.8 Å². The number of aliphatic hydroxyl groups excluding tert-OH is 1. The van der Waals surface area contributed by atoms with E-state index in [0.717, 1.165) is 4.31 Å². The lowest BCUT2D eigenvalue weighted by atomic mass is 9.97. The van der Waals surface area contributed by atoms with Crippen molar-refractivity contribution in [1.82, 2.24) is 9.29 Å². The molecule has 2 atom stereocenters. The standard InChI is InChI=1S/C15H14N2O4S/c1-17-13(15(19)11-7-4-5-9-16-11)14(18)10-6-2-3-8-12(10)22(17,20)21/h2-9,13,15,19H,1H3. The number of pyridine rings is 1. The molecule has 0 spiro atoms. The minimum absolute atomic E-state index is 0.0352. The lowest BCUT2D eigenvalue weighted by Crippen LogP contribution is -2.50. The Balaban J connectivity index is 2.13. The van der Waals surface area contributed by atoms with Gasteiger partial charge >= 0.3 is 0 Å². The van der Waals surface area contributed by atoms with Gasteiger partial charge in [-0.25, -0.2) is 8.42 Å². The SMILES string of the molecule is CN1C(C(O)c2ccccn2)C(=O)c2ccccc2S1(=O)=O. The molecule has 0 aliphatic carbocycles. The first-order chi connectivity index (χ1) is 10.4. The van der Waals surface area contributed by atoms with Crippen LogP contribution in [0.4, 0.5) is 0 Å². The average molecular weight is 318 g/mol. The number of Topliss-reactive ketones (excluding diaryl/α,β-unsaturated/α-hetero) is 1. The van der Waals surface area contributed by atoms with E-state index in [0.29, 0.717) is 0 Å². The Kier molecular flexibility index (Phi) is 3.56. The van der Waals surface area contributed by atoms with Crippen LogP contribution in [0.5, 0.6) is 0 Å². The first-order valence-electron chi connectivity index (χ1n) is 6.65. The van der Waals surface area contributed by atoms with Gasteiger partial charge in [-0.3, -0.25) is 9.78 Å². The number of hydrogen-bond acceptors (Lipinski definition) is 5. The summed E-state index contributed by atoms with van der Waals surface area (Å²) >= 11 is 0. The highest BCUT2D eigenvalue weighted by Crippen LogP contribution is 2.33. The number of fused-ring (bicyclic) bond motifs is 1. The van der Waals surface area contributed by atoms with E-state index in [1.165, 1.54) is 25.4 Å². The third-order valence-electron chi connectivity index (χ3n) is 3.76. The Morgan fingerprint density at radius 2 is 1.86 bits per heavy atom. The summed E-state index contributed by atoms with van der Waals surface area (Å²) in [7, 11) is -2.54. The molecule has 3 rings (SSSR count). The number of aliphatic hydroxyl groups is 1. The molecule has 0 saturated heterocycles. The molecule has 1 aliphatic heterocycles. The van der Waals surface area contributed by atoms with Gasteiger partial charge in [-0.1, -0.05) is 18.2 Å². The average Bonchev–Trinajstić information content (AvgIpc) is 2.54. The summed E-state index contributed by atoms with van der Waals surface area (Å²) in [6.07, 6.45) is 0.149. The highest BCUT2D eigenvalue weighted by atomic mass is 32.2. The third kappa shape index (κ3) is 2.14. The van der Waals surface area contributed by atoms with E-state index in [-0.39, 0.29) is 16.2 Å². The van der Waals surface area contributed by atoms with Crippen molar-refractivity contribution in [2.24, 2.45) is 0 Å². The lowest BCUT2D eigenvalue weighted by Gasteiger charge is -2.34. The van der Waals surface area contributed by atoms with E-state index in [4.69, 9.17) is 0 Å². The van der Waals surface area contributed by atoms with Gasteiger partial charge in [-0.2, -0.15) is 4.31 Å². The fraction of sp³-hybridized carbons (Fsp3) is 0.200. The van der Waals surface area contributed by atoms with Crippen LogP contribution in [0.1, 0.15) is 22.2 Å². The van der Waals surface area contributed by atoms with Crippen molar-refractivity contribution in [2.45, 2.75) is 17.0 Å². The van der Waals surface area contributed by atoms with Crippen LogP contribution in [0.2, 0.25) is 0 Å². The minimum Gasteiger partial charge on any atom is -0.385 e. The van der Waals surface area contributed by atoms with Crippen LogP contribution in [-0.2, 0) is 10.0 Å². The predicted octanol–water partition coefficient (Wildman–Crippen LogP) is 1.00. The van der Waals surface area contributed by atoms with Gasteiger partial charge in [0.05, 0.1) is 10.6 Å². The maximum atomic E-state index is 12.6. The van der Waals surface area contributed by atoms with Crippen LogP contribution in [0.15, 0.2) is 53.6 Å². The minimum atomic E-state index is -3.83. The molecule has 114 valence electrons. The first kappa shape index (κ1) is 14.8. The number of carbonyl (C=O) groups is 1. The van der Waals surface area contributed by atoms with Gasteiger partial charge in [0.25, 0.3) is 0 Å². The Morgan fingerprint density at radius 3 is 2.55 bits per heavy atom. The topological polar surface area (TPSA) is 87.6 Å². The molecule has 2 aromatic rings. The van der Waals surface area contributed by atoms with E-state index in [2.05, 4.69) is 4.98 Å². The predicted molar refractivity (Wildman–Crippen MR) is 78.7 cm³/mol. The van der Waals surface area contributed by atoms with Crippen molar-refractivity contribution < 1.29 is 18.3 Å². The molecule has 22 heavy (non-hydrogen) atoms. The highest BCUT2D eigenvalue weighted by molar-refractivity contribution is 7.89. The second-order valence-electron chi connectivity index (χ2n) is 5.03. The van der Waals surface area contributed by atoms with Crippen molar-refractivity contribution in [3.8, 4) is 0 Å². The second kappa shape index (κ2) is 5.28. The number of hydrogen-bond donors (Lipinski definition) is 1. The van der Waals surface area contributed by atoms with Gasteiger partial charge < -0.3 is 5.11 Å². The molecule has 0 saturated carbocycles. The van der Waals surface area contributed by atoms with E-state index < -0.39 is 28.0 Å². The normalized spacial score (nSPS) is 22.1. The van der Waals surface area contributed by atoms with Crippen LogP contribution in [-0.4, -0.2) is 41.7 Å². The van der Waals surface area contributed by atoms with Gasteiger partial charge in [-0.15, -0.1) is 0 Å². The summed E-state index contributed by atoms with van der Waals surface area (Å²) in [6.45, 7) is 0. The Labute approximate surface area is 128 Å². The van der Waals surface area contributed by atoms with Crippen LogP contribution in [0, 0.1) is 0 Å². The van der Waals surface area contributed by atoms with Crippen LogP contribution >= 0.6 is 0 Å². The van der Waals surface area contributed by atoms with Gasteiger partial charge in [0.1, 0.15) is 12.1 Å². The summed E-state index contributed by atoms with van der Waals surface area (Å²) in [6, 6.07) is 9.68. The van der Waals surface area contributed by atoms with Crippen LogP contribution in [0.25, 0.3) is 0 Å². The number of aromatic nitrogens is 1. The molecule has 1 aromatic carbocycles. The quantitative estimate of drug-likeness (QED) is 0.892. The van der Waals surface area contributed by atoms with Crippen molar-refractivity contribution in [1.29, 1.82) is 0 Å². The first-order valence-corrected chi connectivity index (χ1v) is 8.09. The van der Waals surface area contributed by atoms with E-state index in [9.17, 15) is 18.3 Å². The molecule has 0 fully saturated rings. The number of carbonyl (C=O) groups excluding carboxylic acids is 1. The Bertz CT molecular complexity index is 820. The number of benzene rings is 1. The molecule has 0 radical (unpaired) electrons. The van der Waals surface area contributed by atoms with Crippen molar-refractivity contribution in [3.05, 3.63) is 59.9 Å². The summed E-state index contributed by atoms with van der Waals surface area (Å²) in [5.74, 6) is -0.439. The lowest BCUT2D eigenvalue weighted by molar-refractivity contribution is 0.0616. The summed E-state index contributed by atoms with van der Waals surface area (Å²) in [4.78, 5) is 16.6. The van der Waals surface area contributed by atoms with Crippen LogP contribution < -0.4 is 0 Å². The van der Waals surface area contributed by atoms with Crippen molar-refractivity contribution in [2.75, 3.05) is 7.05 Å². The Hall–Kier alpha value is -2.09. The molecular formula is C15H14N2O4S. The fourth-order valence-corrected chi connectivity index (χ4v) is 4.10. The molecule has 2 unspecified atom stereocenters. The molecular weight excluding hydrogens is 304 g/mol. The van der Waals surface area contributed by atoms with Crippen molar-refractivity contribution >= 4 is 15.8 Å². The number of sulfonamides is 1. The molecule has 1 aliphatic rings. The van der Waals surface area contributed by atoms with Gasteiger partial charge in [0.15, 0.2) is 5.78 Å². The maximum Gasteiger partial charge on any atom is 0.244 e. The van der Waals surface area contributed by atoms with E-state index in [1.807, 2.05) is 0 Å². The smallest absolute Gasteiger partial charge is 0.244 e. The third-order valence-corrected chi connectivity index (χ3v) is 5.66. The number of ketones is 1. The van der Waals surface area contributed by atoms with E-state index >= 15 is 0 Å². The second-order valence-corrected chi connectivity index (χ2v) is 6.99. The Morgan fingerprint density at radius 1 is 1.18 bits per heavy atom. The summed E-state index contributed by atoms with van der Waals surface area (Å²) < 4.78 is 26.0. The van der Waals surface area contributed by atoms with Crippen molar-refractivity contribution in [3.63, 3.8) is 0 Å². The molecule has 1 aromatic heterocycles. The summed E-state index contributed by atoms with van der Waals surface area (Å²) in [5.41, 5.74) is 0.350. The zero-order valence-corrected chi connectivity index (χ0v) is 12.6. The van der Waals surface area contributed by atoms with Gasteiger partial charge in [-0.05, 0) is 24.3 Å². The zero-order valence-electron chi connectivity index (χ0n) is 11.7. The number of rotatable bonds is 2. The molecule has 0 amide bonds. The maximum absolute atomic E-state index is 12.6. The molecule has 7 heteroatoms. The molecule has 1 N–H and O–H groups in total. The van der Waals surface area contributed by atoms with Crippen LogP contribution in [0.3, 0.4) is 0 Å². The monoisotopic (exact) mass is 318 g/mol. The largest absolute Gasteiger partial charge is 0.385 e.